The lowest BCUT2D eigenvalue weighted by molar-refractivity contribution is 0.0690. The average molecular weight is 259 g/mol. The normalized spacial score (nSPS) is 10.3. The summed E-state index contributed by atoms with van der Waals surface area (Å²) in [6, 6.07) is 9.54. The molecule has 3 nitrogen and oxygen atoms in total. The summed E-state index contributed by atoms with van der Waals surface area (Å²) in [4.78, 5) is 16.6. The Morgan fingerprint density at radius 3 is 2.39 bits per heavy atom. The first kappa shape index (κ1) is 12.6. The molecule has 18 heavy (non-hydrogen) atoms. The monoisotopic (exact) mass is 259 g/mol. The highest BCUT2D eigenvalue weighted by Crippen LogP contribution is 2.28. The van der Waals surface area contributed by atoms with Gasteiger partial charge >= 0.3 is 5.97 Å². The van der Waals surface area contributed by atoms with Crippen molar-refractivity contribution in [3.05, 3.63) is 53.3 Å². The summed E-state index contributed by atoms with van der Waals surface area (Å²) in [5.74, 6) is -1.00. The van der Waals surface area contributed by atoms with Crippen LogP contribution in [0.5, 0.6) is 0 Å². The predicted octanol–water partition coefficient (Wildman–Crippen LogP) is 3.55. The second-order valence-electron chi connectivity index (χ2n) is 4.03. The van der Waals surface area contributed by atoms with Crippen molar-refractivity contribution in [1.82, 2.24) is 4.98 Å². The molecule has 92 valence electrons. The highest BCUT2D eigenvalue weighted by molar-refractivity contribution is 7.99. The van der Waals surface area contributed by atoms with Crippen LogP contribution in [0.4, 0.5) is 0 Å². The van der Waals surface area contributed by atoms with Gasteiger partial charge in [0.05, 0.1) is 0 Å². The number of hydrogen-bond acceptors (Lipinski definition) is 3. The highest BCUT2D eigenvalue weighted by Gasteiger charge is 2.05. The van der Waals surface area contributed by atoms with Gasteiger partial charge in [-0.25, -0.2) is 9.78 Å². The largest absolute Gasteiger partial charge is 0.477 e. The fourth-order valence-electron chi connectivity index (χ4n) is 1.48. The summed E-state index contributed by atoms with van der Waals surface area (Å²) in [7, 11) is 0. The SMILES string of the molecule is Cc1ccc(Sc2ccc(C(=O)O)nc2)cc1C. The first-order valence-corrected chi connectivity index (χ1v) is 6.32. The van der Waals surface area contributed by atoms with Crippen LogP contribution in [0.3, 0.4) is 0 Å². The standard InChI is InChI=1S/C14H13NO2S/c1-9-3-4-11(7-10(9)2)18-12-5-6-13(14(16)17)15-8-12/h3-8H,1-2H3,(H,16,17). The molecule has 0 fully saturated rings. The van der Waals surface area contributed by atoms with Gasteiger partial charge in [-0.05, 0) is 49.2 Å². The number of benzene rings is 1. The molecular weight excluding hydrogens is 246 g/mol. The molecule has 0 atom stereocenters. The fourth-order valence-corrected chi connectivity index (χ4v) is 2.37. The molecule has 0 spiro atoms. The molecular formula is C14H13NO2S. The van der Waals surface area contributed by atoms with Gasteiger partial charge in [-0.1, -0.05) is 17.8 Å². The van der Waals surface area contributed by atoms with E-state index in [1.54, 1.807) is 24.0 Å². The van der Waals surface area contributed by atoms with Crippen molar-refractivity contribution in [1.29, 1.82) is 0 Å². The number of carboxylic acid groups (broad SMARTS) is 1. The third-order valence-electron chi connectivity index (χ3n) is 2.67. The van der Waals surface area contributed by atoms with Crippen molar-refractivity contribution in [2.45, 2.75) is 23.6 Å². The van der Waals surface area contributed by atoms with Crippen LogP contribution < -0.4 is 0 Å². The molecule has 0 saturated heterocycles. The van der Waals surface area contributed by atoms with E-state index in [1.165, 1.54) is 17.2 Å². The lowest BCUT2D eigenvalue weighted by Gasteiger charge is -2.05. The van der Waals surface area contributed by atoms with Crippen LogP contribution in [0, 0.1) is 13.8 Å². The zero-order chi connectivity index (χ0) is 13.1. The van der Waals surface area contributed by atoms with Gasteiger partial charge in [-0.3, -0.25) is 0 Å². The minimum Gasteiger partial charge on any atom is -0.477 e. The Balaban J connectivity index is 2.18. The smallest absolute Gasteiger partial charge is 0.354 e. The van der Waals surface area contributed by atoms with Crippen molar-refractivity contribution in [3.63, 3.8) is 0 Å². The highest BCUT2D eigenvalue weighted by atomic mass is 32.2. The van der Waals surface area contributed by atoms with Gasteiger partial charge in [0, 0.05) is 16.0 Å². The number of aromatic carboxylic acids is 1. The first-order chi connectivity index (χ1) is 8.56. The first-order valence-electron chi connectivity index (χ1n) is 5.51. The van der Waals surface area contributed by atoms with E-state index in [0.29, 0.717) is 0 Å². The van der Waals surface area contributed by atoms with Crippen molar-refractivity contribution >= 4 is 17.7 Å². The van der Waals surface area contributed by atoms with Gasteiger partial charge < -0.3 is 5.11 Å². The van der Waals surface area contributed by atoms with Crippen LogP contribution in [-0.4, -0.2) is 16.1 Å². The number of nitrogens with zero attached hydrogens (tertiary/aromatic N) is 1. The molecule has 2 rings (SSSR count). The summed E-state index contributed by atoms with van der Waals surface area (Å²) in [6.07, 6.45) is 1.59. The van der Waals surface area contributed by atoms with E-state index < -0.39 is 5.97 Å². The molecule has 0 unspecified atom stereocenters. The maximum absolute atomic E-state index is 10.7. The number of carbonyl (C=O) groups is 1. The molecule has 1 heterocycles. The average Bonchev–Trinajstić information content (AvgIpc) is 2.34. The number of rotatable bonds is 3. The van der Waals surface area contributed by atoms with Gasteiger partial charge in [0.15, 0.2) is 0 Å². The Morgan fingerprint density at radius 1 is 1.11 bits per heavy atom. The van der Waals surface area contributed by atoms with Crippen LogP contribution in [0.1, 0.15) is 21.6 Å². The summed E-state index contributed by atoms with van der Waals surface area (Å²) in [5.41, 5.74) is 2.58. The van der Waals surface area contributed by atoms with Gasteiger partial charge in [-0.2, -0.15) is 0 Å². The zero-order valence-corrected chi connectivity index (χ0v) is 11.0. The van der Waals surface area contributed by atoms with Crippen molar-refractivity contribution in [2.75, 3.05) is 0 Å². The van der Waals surface area contributed by atoms with Gasteiger partial charge in [0.1, 0.15) is 5.69 Å². The summed E-state index contributed by atoms with van der Waals surface area (Å²) in [6.45, 7) is 4.15. The summed E-state index contributed by atoms with van der Waals surface area (Å²) < 4.78 is 0. The van der Waals surface area contributed by atoms with Gasteiger partial charge in [0.25, 0.3) is 0 Å². The Kier molecular flexibility index (Phi) is 3.67. The van der Waals surface area contributed by atoms with E-state index in [0.717, 1.165) is 9.79 Å². The second kappa shape index (κ2) is 5.23. The van der Waals surface area contributed by atoms with E-state index in [4.69, 9.17) is 5.11 Å². The maximum Gasteiger partial charge on any atom is 0.354 e. The minimum absolute atomic E-state index is 0.0689. The molecule has 1 aromatic heterocycles. The fraction of sp³-hybridized carbons (Fsp3) is 0.143. The van der Waals surface area contributed by atoms with E-state index in [-0.39, 0.29) is 5.69 Å². The molecule has 4 heteroatoms. The van der Waals surface area contributed by atoms with Crippen LogP contribution in [-0.2, 0) is 0 Å². The van der Waals surface area contributed by atoms with Crippen molar-refractivity contribution in [3.8, 4) is 0 Å². The Hall–Kier alpha value is -1.81. The molecule has 0 saturated carbocycles. The number of aromatic nitrogens is 1. The number of aryl methyl sites for hydroxylation is 2. The number of pyridine rings is 1. The molecule has 0 aliphatic carbocycles. The quantitative estimate of drug-likeness (QED) is 0.915. The van der Waals surface area contributed by atoms with Crippen LogP contribution >= 0.6 is 11.8 Å². The maximum atomic E-state index is 10.7. The topological polar surface area (TPSA) is 50.2 Å². The second-order valence-corrected chi connectivity index (χ2v) is 5.18. The molecule has 1 N–H and O–H groups in total. The molecule has 0 amide bonds. The summed E-state index contributed by atoms with van der Waals surface area (Å²) >= 11 is 1.58. The van der Waals surface area contributed by atoms with E-state index in [9.17, 15) is 4.79 Å². The van der Waals surface area contributed by atoms with E-state index in [1.807, 2.05) is 0 Å². The lowest BCUT2D eigenvalue weighted by atomic mass is 10.1. The van der Waals surface area contributed by atoms with Crippen molar-refractivity contribution in [2.24, 2.45) is 0 Å². The lowest BCUT2D eigenvalue weighted by Crippen LogP contribution is -1.98. The molecule has 0 bridgehead atoms. The molecule has 2 aromatic rings. The Morgan fingerprint density at radius 2 is 1.83 bits per heavy atom. The van der Waals surface area contributed by atoms with Crippen molar-refractivity contribution < 1.29 is 9.90 Å². The third kappa shape index (κ3) is 2.90. The van der Waals surface area contributed by atoms with Crippen LogP contribution in [0.25, 0.3) is 0 Å². The summed E-state index contributed by atoms with van der Waals surface area (Å²) in [5, 5.41) is 8.76. The number of carboxylic acids is 1. The zero-order valence-electron chi connectivity index (χ0n) is 10.2. The van der Waals surface area contributed by atoms with E-state index >= 15 is 0 Å². The molecule has 0 radical (unpaired) electrons. The van der Waals surface area contributed by atoms with Crippen LogP contribution in [0.2, 0.25) is 0 Å². The third-order valence-corrected chi connectivity index (χ3v) is 3.64. The van der Waals surface area contributed by atoms with Gasteiger partial charge in [-0.15, -0.1) is 0 Å². The molecule has 1 aromatic carbocycles. The van der Waals surface area contributed by atoms with Gasteiger partial charge in [0.2, 0.25) is 0 Å². The predicted molar refractivity (Wildman–Crippen MR) is 71.2 cm³/mol. The minimum atomic E-state index is -1.00. The molecule has 0 aliphatic rings. The molecule has 0 aliphatic heterocycles. The Bertz CT molecular complexity index is 579. The number of hydrogen-bond donors (Lipinski definition) is 1. The van der Waals surface area contributed by atoms with Crippen LogP contribution in [0.15, 0.2) is 46.3 Å². The Labute approximate surface area is 110 Å². The van der Waals surface area contributed by atoms with E-state index in [2.05, 4.69) is 37.0 Å².